The molecule has 0 saturated heterocycles. The maximum absolute atomic E-state index is 12.4. The molecule has 0 spiro atoms. The summed E-state index contributed by atoms with van der Waals surface area (Å²) in [6, 6.07) is 3.74. The number of carbonyl (C=O) groups is 1. The molecule has 0 aliphatic carbocycles. The second-order valence-electron chi connectivity index (χ2n) is 6.75. The molecule has 1 amide bonds. The first-order chi connectivity index (χ1) is 11.3. The van der Waals surface area contributed by atoms with E-state index in [9.17, 15) is 4.79 Å². The summed E-state index contributed by atoms with van der Waals surface area (Å²) < 4.78 is 2.00. The second kappa shape index (κ2) is 7.47. The number of carbonyl (C=O) groups excluding carboxylic acids is 1. The van der Waals surface area contributed by atoms with Gasteiger partial charge in [0.05, 0.1) is 24.0 Å². The summed E-state index contributed by atoms with van der Waals surface area (Å²) in [7, 11) is 3.86. The van der Waals surface area contributed by atoms with Gasteiger partial charge in [-0.2, -0.15) is 5.10 Å². The molecule has 2 aromatic rings. The molecular formula is C18H27N5O. The van der Waals surface area contributed by atoms with Gasteiger partial charge in [0.25, 0.3) is 0 Å². The molecule has 130 valence electrons. The number of amides is 1. The fourth-order valence-electron chi connectivity index (χ4n) is 2.60. The lowest BCUT2D eigenvalue weighted by molar-refractivity contribution is -0.115. The Kier molecular flexibility index (Phi) is 5.59. The van der Waals surface area contributed by atoms with Gasteiger partial charge in [-0.25, -0.2) is 4.98 Å². The molecule has 1 N–H and O–H groups in total. The lowest BCUT2D eigenvalue weighted by atomic mass is 10.1. The lowest BCUT2D eigenvalue weighted by Gasteiger charge is -2.12. The van der Waals surface area contributed by atoms with Crippen molar-refractivity contribution < 1.29 is 4.79 Å². The third kappa shape index (κ3) is 4.34. The maximum Gasteiger partial charge on any atom is 0.228 e. The highest BCUT2D eigenvalue weighted by molar-refractivity contribution is 5.92. The van der Waals surface area contributed by atoms with E-state index in [1.807, 2.05) is 49.7 Å². The van der Waals surface area contributed by atoms with Crippen molar-refractivity contribution in [1.82, 2.24) is 14.8 Å². The van der Waals surface area contributed by atoms with E-state index in [2.05, 4.69) is 29.2 Å². The molecule has 0 bridgehead atoms. The van der Waals surface area contributed by atoms with Gasteiger partial charge in [-0.05, 0) is 31.9 Å². The van der Waals surface area contributed by atoms with Crippen LogP contribution in [0.4, 0.5) is 11.5 Å². The standard InChI is InChI=1S/C18H27N5O/c1-12(2)11-23-14(4)16(13(3)21-23)9-18(24)20-15-7-8-17(19-10-15)22(5)6/h7-8,10,12H,9,11H2,1-6H3,(H,20,24). The molecule has 0 aliphatic heterocycles. The monoisotopic (exact) mass is 329 g/mol. The van der Waals surface area contributed by atoms with Crippen molar-refractivity contribution in [2.75, 3.05) is 24.3 Å². The van der Waals surface area contributed by atoms with E-state index in [0.717, 1.165) is 29.3 Å². The molecule has 0 unspecified atom stereocenters. The van der Waals surface area contributed by atoms with Gasteiger partial charge >= 0.3 is 0 Å². The van der Waals surface area contributed by atoms with Gasteiger partial charge in [0.15, 0.2) is 0 Å². The first-order valence-electron chi connectivity index (χ1n) is 8.24. The number of hydrogen-bond acceptors (Lipinski definition) is 4. The SMILES string of the molecule is Cc1nn(CC(C)C)c(C)c1CC(=O)Nc1ccc(N(C)C)nc1. The average molecular weight is 329 g/mol. The van der Waals surface area contributed by atoms with Gasteiger partial charge in [-0.15, -0.1) is 0 Å². The van der Waals surface area contributed by atoms with Crippen molar-refractivity contribution in [2.45, 2.75) is 40.7 Å². The zero-order valence-electron chi connectivity index (χ0n) is 15.4. The third-order valence-electron chi connectivity index (χ3n) is 3.90. The van der Waals surface area contributed by atoms with Crippen LogP contribution in [0, 0.1) is 19.8 Å². The van der Waals surface area contributed by atoms with Crippen LogP contribution in [0.5, 0.6) is 0 Å². The second-order valence-corrected chi connectivity index (χ2v) is 6.75. The van der Waals surface area contributed by atoms with Crippen LogP contribution in [0.1, 0.15) is 30.8 Å². The Morgan fingerprint density at radius 3 is 2.54 bits per heavy atom. The highest BCUT2D eigenvalue weighted by atomic mass is 16.1. The van der Waals surface area contributed by atoms with Crippen LogP contribution in [-0.4, -0.2) is 34.8 Å². The number of nitrogens with zero attached hydrogens (tertiary/aromatic N) is 4. The third-order valence-corrected chi connectivity index (χ3v) is 3.90. The van der Waals surface area contributed by atoms with Crippen molar-refractivity contribution in [2.24, 2.45) is 5.92 Å². The summed E-state index contributed by atoms with van der Waals surface area (Å²) in [6.07, 6.45) is 2.00. The summed E-state index contributed by atoms with van der Waals surface area (Å²) in [4.78, 5) is 18.6. The topological polar surface area (TPSA) is 63.1 Å². The predicted molar refractivity (Wildman–Crippen MR) is 97.4 cm³/mol. The van der Waals surface area contributed by atoms with E-state index in [-0.39, 0.29) is 5.91 Å². The van der Waals surface area contributed by atoms with Crippen LogP contribution in [0.3, 0.4) is 0 Å². The molecule has 2 aromatic heterocycles. The van der Waals surface area contributed by atoms with Crippen molar-refractivity contribution in [1.29, 1.82) is 0 Å². The fourth-order valence-corrected chi connectivity index (χ4v) is 2.60. The van der Waals surface area contributed by atoms with Crippen LogP contribution in [0.15, 0.2) is 18.3 Å². The smallest absolute Gasteiger partial charge is 0.228 e. The lowest BCUT2D eigenvalue weighted by Crippen LogP contribution is -2.16. The van der Waals surface area contributed by atoms with Gasteiger partial charge in [-0.3, -0.25) is 9.48 Å². The molecule has 0 aliphatic rings. The van der Waals surface area contributed by atoms with E-state index in [1.165, 1.54) is 0 Å². The molecule has 6 nitrogen and oxygen atoms in total. The molecule has 0 atom stereocenters. The molecule has 0 aromatic carbocycles. The van der Waals surface area contributed by atoms with Gasteiger partial charge in [-0.1, -0.05) is 13.8 Å². The quantitative estimate of drug-likeness (QED) is 0.885. The number of aromatic nitrogens is 3. The first-order valence-corrected chi connectivity index (χ1v) is 8.24. The minimum atomic E-state index is -0.0512. The molecule has 2 rings (SSSR count). The van der Waals surface area contributed by atoms with Crippen LogP contribution in [0.2, 0.25) is 0 Å². The Bertz CT molecular complexity index is 701. The zero-order chi connectivity index (χ0) is 17.9. The van der Waals surface area contributed by atoms with Crippen LogP contribution >= 0.6 is 0 Å². The van der Waals surface area contributed by atoms with Gasteiger partial charge < -0.3 is 10.2 Å². The zero-order valence-corrected chi connectivity index (χ0v) is 15.4. The molecule has 6 heteroatoms. The molecule has 0 saturated carbocycles. The van der Waals surface area contributed by atoms with Gasteiger partial charge in [0.1, 0.15) is 5.82 Å². The summed E-state index contributed by atoms with van der Waals surface area (Å²) in [5.74, 6) is 1.32. The first kappa shape index (κ1) is 18.0. The maximum atomic E-state index is 12.4. The summed E-state index contributed by atoms with van der Waals surface area (Å²) >= 11 is 0. The number of anilines is 2. The highest BCUT2D eigenvalue weighted by Gasteiger charge is 2.15. The number of hydrogen-bond donors (Lipinski definition) is 1. The molecule has 2 heterocycles. The molecule has 0 fully saturated rings. The van der Waals surface area contributed by atoms with E-state index in [1.54, 1.807) is 6.20 Å². The number of nitrogens with one attached hydrogen (secondary N) is 1. The molecule has 0 radical (unpaired) electrons. The summed E-state index contributed by atoms with van der Waals surface area (Å²) in [5.41, 5.74) is 3.70. The Morgan fingerprint density at radius 1 is 1.29 bits per heavy atom. The molecular weight excluding hydrogens is 302 g/mol. The highest BCUT2D eigenvalue weighted by Crippen LogP contribution is 2.17. The minimum absolute atomic E-state index is 0.0512. The normalized spacial score (nSPS) is 11.0. The molecule has 24 heavy (non-hydrogen) atoms. The van der Waals surface area contributed by atoms with Crippen LogP contribution in [-0.2, 0) is 17.8 Å². The van der Waals surface area contributed by atoms with Crippen molar-refractivity contribution in [3.8, 4) is 0 Å². The Balaban J connectivity index is 2.05. The summed E-state index contributed by atoms with van der Waals surface area (Å²) in [6.45, 7) is 9.17. The van der Waals surface area contributed by atoms with Crippen molar-refractivity contribution in [3.05, 3.63) is 35.3 Å². The van der Waals surface area contributed by atoms with E-state index in [0.29, 0.717) is 18.0 Å². The van der Waals surface area contributed by atoms with E-state index in [4.69, 9.17) is 0 Å². The minimum Gasteiger partial charge on any atom is -0.363 e. The largest absolute Gasteiger partial charge is 0.363 e. The average Bonchev–Trinajstić information content (AvgIpc) is 2.74. The number of aryl methyl sites for hydroxylation is 1. The van der Waals surface area contributed by atoms with Crippen molar-refractivity contribution in [3.63, 3.8) is 0 Å². The Labute approximate surface area is 143 Å². The predicted octanol–water partition coefficient (Wildman–Crippen LogP) is 2.80. The van der Waals surface area contributed by atoms with Gasteiger partial charge in [0.2, 0.25) is 5.91 Å². The van der Waals surface area contributed by atoms with Crippen LogP contribution < -0.4 is 10.2 Å². The van der Waals surface area contributed by atoms with Gasteiger partial charge in [0, 0.05) is 31.9 Å². The van der Waals surface area contributed by atoms with Crippen LogP contribution in [0.25, 0.3) is 0 Å². The van der Waals surface area contributed by atoms with E-state index < -0.39 is 0 Å². The number of rotatable bonds is 6. The summed E-state index contributed by atoms with van der Waals surface area (Å²) in [5, 5.41) is 7.46. The fraction of sp³-hybridized carbons (Fsp3) is 0.500. The number of pyridine rings is 1. The van der Waals surface area contributed by atoms with Crippen molar-refractivity contribution >= 4 is 17.4 Å². The van der Waals surface area contributed by atoms with E-state index >= 15 is 0 Å². The Morgan fingerprint density at radius 2 is 2.00 bits per heavy atom. The Hall–Kier alpha value is -2.37.